The summed E-state index contributed by atoms with van der Waals surface area (Å²) in [5.41, 5.74) is 3.36. The fraction of sp³-hybridized carbons (Fsp3) is 0.393. The van der Waals surface area contributed by atoms with E-state index in [1.165, 1.54) is 0 Å². The molecule has 7 nitrogen and oxygen atoms in total. The Balaban J connectivity index is 1.70. The standard InChI is InChI=1S/C28H32N2O5/c1-6-11-23(25(31)32)29-26(33)28(4,5)24(17(2)3)30-27(34)35-16-22-20-14-9-7-12-18(20)19-13-8-10-15-21(19)22/h1,7-10,12-15,17,22-24H,11,16H2,2-5H3,(H,29,33)(H,30,34)(H,31,32). The summed E-state index contributed by atoms with van der Waals surface area (Å²) >= 11 is 0. The molecule has 2 aromatic carbocycles. The van der Waals surface area contributed by atoms with Gasteiger partial charge in [0.15, 0.2) is 0 Å². The quantitative estimate of drug-likeness (QED) is 0.471. The summed E-state index contributed by atoms with van der Waals surface area (Å²) in [7, 11) is 0. The summed E-state index contributed by atoms with van der Waals surface area (Å²) in [5.74, 6) is 0.322. The SMILES string of the molecule is C#CCC(NC(=O)C(C)(C)C(NC(=O)OCC1c2ccccc2-c2ccccc21)C(C)C)C(=O)O. The van der Waals surface area contributed by atoms with E-state index in [1.54, 1.807) is 13.8 Å². The maximum Gasteiger partial charge on any atom is 0.407 e. The number of carboxylic acid groups (broad SMARTS) is 1. The molecule has 7 heteroatoms. The lowest BCUT2D eigenvalue weighted by Gasteiger charge is -2.36. The maximum absolute atomic E-state index is 13.0. The van der Waals surface area contributed by atoms with Gasteiger partial charge in [-0.15, -0.1) is 12.3 Å². The molecule has 0 fully saturated rings. The van der Waals surface area contributed by atoms with Gasteiger partial charge in [-0.1, -0.05) is 62.4 Å². The molecule has 1 aliphatic carbocycles. The Morgan fingerprint density at radius 3 is 2.06 bits per heavy atom. The van der Waals surface area contributed by atoms with Crippen molar-refractivity contribution in [3.05, 3.63) is 59.7 Å². The van der Waals surface area contributed by atoms with Crippen LogP contribution in [0.15, 0.2) is 48.5 Å². The van der Waals surface area contributed by atoms with Gasteiger partial charge in [0.1, 0.15) is 12.6 Å². The second-order valence-electron chi connectivity index (χ2n) is 9.69. The minimum absolute atomic E-state index is 0.0814. The monoisotopic (exact) mass is 476 g/mol. The number of alkyl carbamates (subject to hydrolysis) is 1. The van der Waals surface area contributed by atoms with Gasteiger partial charge >= 0.3 is 12.1 Å². The van der Waals surface area contributed by atoms with Crippen molar-refractivity contribution in [1.82, 2.24) is 10.6 Å². The van der Waals surface area contributed by atoms with Crippen molar-refractivity contribution < 1.29 is 24.2 Å². The molecule has 2 aromatic rings. The number of amides is 2. The molecule has 0 saturated carbocycles. The lowest BCUT2D eigenvalue weighted by Crippen LogP contribution is -2.57. The number of rotatable bonds is 9. The van der Waals surface area contributed by atoms with Gasteiger partial charge in [-0.2, -0.15) is 0 Å². The number of fused-ring (bicyclic) bond motifs is 3. The zero-order valence-corrected chi connectivity index (χ0v) is 20.5. The minimum atomic E-state index is -1.21. The Kier molecular flexibility index (Phi) is 7.85. The zero-order valence-electron chi connectivity index (χ0n) is 20.5. The molecule has 2 unspecified atom stereocenters. The predicted octanol–water partition coefficient (Wildman–Crippen LogP) is 4.17. The number of ether oxygens (including phenoxy) is 1. The molecule has 1 aliphatic rings. The largest absolute Gasteiger partial charge is 0.480 e. The van der Waals surface area contributed by atoms with Crippen molar-refractivity contribution >= 4 is 18.0 Å². The first-order valence-electron chi connectivity index (χ1n) is 11.7. The Hall–Kier alpha value is -3.79. The van der Waals surface area contributed by atoms with E-state index >= 15 is 0 Å². The summed E-state index contributed by atoms with van der Waals surface area (Å²) in [6.07, 6.45) is 4.46. The van der Waals surface area contributed by atoms with Crippen LogP contribution in [0.2, 0.25) is 0 Å². The van der Waals surface area contributed by atoms with Gasteiger partial charge in [-0.25, -0.2) is 9.59 Å². The maximum atomic E-state index is 13.0. The fourth-order valence-corrected chi connectivity index (χ4v) is 4.75. The molecule has 0 saturated heterocycles. The highest BCUT2D eigenvalue weighted by atomic mass is 16.5. The first-order valence-corrected chi connectivity index (χ1v) is 11.7. The van der Waals surface area contributed by atoms with Gasteiger partial charge in [0.25, 0.3) is 0 Å². The third-order valence-electron chi connectivity index (χ3n) is 6.57. The van der Waals surface area contributed by atoms with Gasteiger partial charge in [-0.3, -0.25) is 4.79 Å². The number of aliphatic carboxylic acids is 1. The minimum Gasteiger partial charge on any atom is -0.480 e. The first kappa shape index (κ1) is 25.8. The van der Waals surface area contributed by atoms with Crippen LogP contribution in [-0.4, -0.2) is 41.8 Å². The average Bonchev–Trinajstić information content (AvgIpc) is 3.14. The van der Waals surface area contributed by atoms with Crippen molar-refractivity contribution in [1.29, 1.82) is 0 Å². The summed E-state index contributed by atoms with van der Waals surface area (Å²) in [6.45, 7) is 7.22. The molecule has 3 N–H and O–H groups in total. The molecule has 0 aromatic heterocycles. The van der Waals surface area contributed by atoms with Crippen LogP contribution in [-0.2, 0) is 14.3 Å². The predicted molar refractivity (Wildman–Crippen MR) is 134 cm³/mol. The van der Waals surface area contributed by atoms with E-state index in [9.17, 15) is 19.5 Å². The first-order chi connectivity index (χ1) is 16.6. The van der Waals surface area contributed by atoms with E-state index in [0.717, 1.165) is 22.3 Å². The second kappa shape index (κ2) is 10.6. The smallest absolute Gasteiger partial charge is 0.407 e. The number of carbonyl (C=O) groups excluding carboxylic acids is 2. The van der Waals surface area contributed by atoms with Crippen LogP contribution in [0.3, 0.4) is 0 Å². The molecule has 2 amide bonds. The van der Waals surface area contributed by atoms with Crippen molar-refractivity contribution in [2.24, 2.45) is 11.3 Å². The van der Waals surface area contributed by atoms with Crippen molar-refractivity contribution in [2.75, 3.05) is 6.61 Å². The third kappa shape index (κ3) is 5.48. The van der Waals surface area contributed by atoms with E-state index in [0.29, 0.717) is 0 Å². The summed E-state index contributed by atoms with van der Waals surface area (Å²) in [6, 6.07) is 14.3. The Labute approximate surface area is 206 Å². The highest BCUT2D eigenvalue weighted by Crippen LogP contribution is 2.44. The van der Waals surface area contributed by atoms with Crippen LogP contribution in [0, 0.1) is 23.7 Å². The van der Waals surface area contributed by atoms with Gasteiger partial charge < -0.3 is 20.5 Å². The van der Waals surface area contributed by atoms with Crippen LogP contribution in [0.1, 0.15) is 51.2 Å². The average molecular weight is 477 g/mol. The lowest BCUT2D eigenvalue weighted by atomic mass is 9.77. The highest BCUT2D eigenvalue weighted by molar-refractivity contribution is 5.88. The number of hydrogen-bond acceptors (Lipinski definition) is 4. The molecule has 3 rings (SSSR count). The number of carbonyl (C=O) groups is 3. The van der Waals surface area contributed by atoms with Crippen LogP contribution in [0.4, 0.5) is 4.79 Å². The van der Waals surface area contributed by atoms with Gasteiger partial charge in [0.2, 0.25) is 5.91 Å². The third-order valence-corrected chi connectivity index (χ3v) is 6.57. The zero-order chi connectivity index (χ0) is 25.8. The molecule has 0 heterocycles. The molecule has 0 radical (unpaired) electrons. The van der Waals surface area contributed by atoms with Crippen LogP contribution in [0.5, 0.6) is 0 Å². The van der Waals surface area contributed by atoms with Gasteiger partial charge in [0.05, 0.1) is 5.41 Å². The van der Waals surface area contributed by atoms with Gasteiger partial charge in [-0.05, 0) is 42.0 Å². The Morgan fingerprint density at radius 1 is 1.03 bits per heavy atom. The molecule has 0 aliphatic heterocycles. The number of nitrogens with one attached hydrogen (secondary N) is 2. The van der Waals surface area contributed by atoms with Crippen LogP contribution >= 0.6 is 0 Å². The molecule has 2 atom stereocenters. The topological polar surface area (TPSA) is 105 Å². The number of hydrogen-bond donors (Lipinski definition) is 3. The molecular formula is C28H32N2O5. The molecule has 0 spiro atoms. The van der Waals surface area contributed by atoms with Crippen molar-refractivity contribution in [2.45, 2.75) is 52.1 Å². The highest BCUT2D eigenvalue weighted by Gasteiger charge is 2.41. The summed E-state index contributed by atoms with van der Waals surface area (Å²) in [4.78, 5) is 37.3. The number of benzene rings is 2. The summed E-state index contributed by atoms with van der Waals surface area (Å²) in [5, 5.41) is 14.7. The molecular weight excluding hydrogens is 444 g/mol. The second-order valence-corrected chi connectivity index (χ2v) is 9.69. The fourth-order valence-electron chi connectivity index (χ4n) is 4.75. The van der Waals surface area contributed by atoms with Crippen molar-refractivity contribution in [3.63, 3.8) is 0 Å². The summed E-state index contributed by atoms with van der Waals surface area (Å²) < 4.78 is 5.65. The van der Waals surface area contributed by atoms with E-state index in [4.69, 9.17) is 11.2 Å². The number of carboxylic acids is 1. The normalized spacial score (nSPS) is 14.3. The lowest BCUT2D eigenvalue weighted by molar-refractivity contribution is -0.144. The molecule has 35 heavy (non-hydrogen) atoms. The van der Waals surface area contributed by atoms with Crippen LogP contribution < -0.4 is 10.6 Å². The molecule has 184 valence electrons. The van der Waals surface area contributed by atoms with E-state index < -0.39 is 35.5 Å². The molecule has 0 bridgehead atoms. The van der Waals surface area contributed by atoms with E-state index in [1.807, 2.05) is 50.2 Å². The van der Waals surface area contributed by atoms with Crippen molar-refractivity contribution in [3.8, 4) is 23.5 Å². The van der Waals surface area contributed by atoms with Gasteiger partial charge in [0, 0.05) is 18.4 Å². The van der Waals surface area contributed by atoms with E-state index in [-0.39, 0.29) is 24.9 Å². The number of terminal acetylenes is 1. The van der Waals surface area contributed by atoms with Crippen LogP contribution in [0.25, 0.3) is 11.1 Å². The Bertz CT molecular complexity index is 1100. The Morgan fingerprint density at radius 2 is 1.57 bits per heavy atom. The van der Waals surface area contributed by atoms with E-state index in [2.05, 4.69) is 28.7 Å².